The van der Waals surface area contributed by atoms with Crippen LogP contribution in [0.25, 0.3) is 0 Å². The molecule has 0 aromatic heterocycles. The SMILES string of the molecule is [C-]1=CC=CC1.[CH2-]CNCCCC.[Cl-].[Cl-].[Ti+4]. The molecule has 1 rings (SSSR count). The summed E-state index contributed by atoms with van der Waals surface area (Å²) >= 11 is 0. The van der Waals surface area contributed by atoms with Crippen molar-refractivity contribution in [2.24, 2.45) is 0 Å². The minimum Gasteiger partial charge on any atom is -1.00 e. The first kappa shape index (κ1) is 24.8. The number of unbranched alkanes of at least 4 members (excludes halogenated alkanes) is 1. The van der Waals surface area contributed by atoms with Crippen LogP contribution in [0.3, 0.4) is 0 Å². The van der Waals surface area contributed by atoms with Gasteiger partial charge < -0.3 is 37.1 Å². The molecule has 0 heterocycles. The van der Waals surface area contributed by atoms with Crippen molar-refractivity contribution in [2.75, 3.05) is 13.1 Å². The summed E-state index contributed by atoms with van der Waals surface area (Å²) in [6.45, 7) is 7.82. The van der Waals surface area contributed by atoms with Crippen LogP contribution in [-0.2, 0) is 21.7 Å². The summed E-state index contributed by atoms with van der Waals surface area (Å²) in [5.74, 6) is 0. The second-order valence-electron chi connectivity index (χ2n) is 2.61. The van der Waals surface area contributed by atoms with Crippen molar-refractivity contribution in [1.29, 1.82) is 0 Å². The van der Waals surface area contributed by atoms with Crippen molar-refractivity contribution >= 4 is 0 Å². The zero-order valence-corrected chi connectivity index (χ0v) is 12.3. The topological polar surface area (TPSA) is 12.0 Å². The van der Waals surface area contributed by atoms with Crippen molar-refractivity contribution in [3.8, 4) is 0 Å². The van der Waals surface area contributed by atoms with E-state index in [1.807, 2.05) is 12.2 Å². The van der Waals surface area contributed by atoms with Gasteiger partial charge in [0.05, 0.1) is 0 Å². The van der Waals surface area contributed by atoms with Gasteiger partial charge in [-0.05, 0) is 13.0 Å². The minimum atomic E-state index is 0. The van der Waals surface area contributed by atoms with E-state index in [1.165, 1.54) is 12.8 Å². The van der Waals surface area contributed by atoms with Crippen LogP contribution < -0.4 is 30.1 Å². The first-order chi connectivity index (χ1) is 5.91. The normalized spacial score (nSPS) is 10.3. The Morgan fingerprint density at radius 2 is 2.07 bits per heavy atom. The molecule has 0 aliphatic heterocycles. The standard InChI is InChI=1S/C6H14N.C5H5.2ClH.Ti/c1-3-5-6-7-4-2;1-2-4-5-3-1;;;/h7H,2-6H2,1H3;1-3H,4H2;2*1H;/q2*-1;;;+4/p-2. The fraction of sp³-hybridized carbons (Fsp3) is 0.545. The van der Waals surface area contributed by atoms with Gasteiger partial charge in [-0.1, -0.05) is 13.3 Å². The van der Waals surface area contributed by atoms with E-state index in [-0.39, 0.29) is 46.5 Å². The molecular weight excluding hydrogens is 265 g/mol. The Kier molecular flexibility index (Phi) is 39.9. The molecule has 0 atom stereocenters. The van der Waals surface area contributed by atoms with Crippen LogP contribution >= 0.6 is 0 Å². The summed E-state index contributed by atoms with van der Waals surface area (Å²) in [6, 6.07) is 0. The van der Waals surface area contributed by atoms with Crippen molar-refractivity contribution in [2.45, 2.75) is 26.2 Å². The molecule has 86 valence electrons. The third kappa shape index (κ3) is 25.2. The molecule has 0 spiro atoms. The first-order valence-corrected chi connectivity index (χ1v) is 4.63. The smallest absolute Gasteiger partial charge is 1.00 e. The minimum absolute atomic E-state index is 0. The van der Waals surface area contributed by atoms with E-state index in [9.17, 15) is 0 Å². The summed E-state index contributed by atoms with van der Waals surface area (Å²) in [7, 11) is 0. The average molecular weight is 284 g/mol. The quantitative estimate of drug-likeness (QED) is 0.321. The molecule has 0 aromatic rings. The molecule has 0 fully saturated rings. The largest absolute Gasteiger partial charge is 4.00 e. The summed E-state index contributed by atoms with van der Waals surface area (Å²) in [6.07, 6.45) is 12.5. The molecule has 0 saturated heterocycles. The number of halogens is 2. The van der Waals surface area contributed by atoms with Crippen molar-refractivity contribution in [1.82, 2.24) is 5.32 Å². The van der Waals surface area contributed by atoms with E-state index in [4.69, 9.17) is 0 Å². The summed E-state index contributed by atoms with van der Waals surface area (Å²) in [5.41, 5.74) is 0. The Bertz CT molecular complexity index is 125. The van der Waals surface area contributed by atoms with Gasteiger partial charge in [0.2, 0.25) is 0 Å². The van der Waals surface area contributed by atoms with Crippen LogP contribution in [0.1, 0.15) is 26.2 Å². The average Bonchev–Trinajstić information content (AvgIpc) is 2.62. The molecule has 1 nitrogen and oxygen atoms in total. The van der Waals surface area contributed by atoms with Gasteiger partial charge in [-0.3, -0.25) is 6.08 Å². The molecule has 1 aliphatic rings. The summed E-state index contributed by atoms with van der Waals surface area (Å²) in [4.78, 5) is 0. The molecule has 4 heteroatoms. The van der Waals surface area contributed by atoms with Crippen LogP contribution in [0.15, 0.2) is 18.2 Å². The third-order valence-electron chi connectivity index (χ3n) is 1.47. The van der Waals surface area contributed by atoms with Gasteiger partial charge in [0.25, 0.3) is 0 Å². The van der Waals surface area contributed by atoms with Gasteiger partial charge >= 0.3 is 21.7 Å². The maximum Gasteiger partial charge on any atom is 4.00 e. The van der Waals surface area contributed by atoms with Gasteiger partial charge in [0, 0.05) is 0 Å². The molecule has 15 heavy (non-hydrogen) atoms. The Labute approximate surface area is 122 Å². The van der Waals surface area contributed by atoms with Crippen LogP contribution in [0.5, 0.6) is 0 Å². The molecule has 1 N–H and O–H groups in total. The Hall–Kier alpha value is 0.734. The van der Waals surface area contributed by atoms with Gasteiger partial charge in [-0.2, -0.15) is 6.08 Å². The zero-order valence-electron chi connectivity index (χ0n) is 9.23. The fourth-order valence-corrected chi connectivity index (χ4v) is 0.767. The van der Waals surface area contributed by atoms with E-state index in [0.29, 0.717) is 0 Å². The molecule has 0 amide bonds. The second kappa shape index (κ2) is 24.1. The predicted molar refractivity (Wildman–Crippen MR) is 54.7 cm³/mol. The van der Waals surface area contributed by atoms with Crippen molar-refractivity contribution in [3.63, 3.8) is 0 Å². The number of hydrogen-bond acceptors (Lipinski definition) is 1. The van der Waals surface area contributed by atoms with Crippen LogP contribution in [0.2, 0.25) is 0 Å². The Morgan fingerprint density at radius 3 is 2.33 bits per heavy atom. The van der Waals surface area contributed by atoms with E-state index < -0.39 is 0 Å². The van der Waals surface area contributed by atoms with Crippen LogP contribution in [0, 0.1) is 13.0 Å². The summed E-state index contributed by atoms with van der Waals surface area (Å²) < 4.78 is 0. The second-order valence-corrected chi connectivity index (χ2v) is 2.61. The number of nitrogens with one attached hydrogen (secondary N) is 1. The fourth-order valence-electron chi connectivity index (χ4n) is 0.767. The van der Waals surface area contributed by atoms with Gasteiger partial charge in [-0.15, -0.1) is 13.0 Å². The summed E-state index contributed by atoms with van der Waals surface area (Å²) in [5, 5.41) is 3.14. The van der Waals surface area contributed by atoms with E-state index in [2.05, 4.69) is 31.3 Å². The van der Waals surface area contributed by atoms with Crippen molar-refractivity contribution in [3.05, 3.63) is 31.2 Å². The number of allylic oxidation sites excluding steroid dienone is 4. The van der Waals surface area contributed by atoms with Gasteiger partial charge in [0.15, 0.2) is 0 Å². The molecule has 0 aromatic carbocycles. The van der Waals surface area contributed by atoms with E-state index in [1.54, 1.807) is 0 Å². The maximum absolute atomic E-state index is 3.65. The Morgan fingerprint density at radius 1 is 1.40 bits per heavy atom. The van der Waals surface area contributed by atoms with Crippen LogP contribution in [0.4, 0.5) is 0 Å². The first-order valence-electron chi connectivity index (χ1n) is 4.63. The van der Waals surface area contributed by atoms with E-state index >= 15 is 0 Å². The van der Waals surface area contributed by atoms with Gasteiger partial charge in [-0.25, -0.2) is 12.2 Å². The molecular formula is C11H19Cl2NTi. The third-order valence-corrected chi connectivity index (χ3v) is 1.47. The van der Waals surface area contributed by atoms with Gasteiger partial charge in [0.1, 0.15) is 0 Å². The van der Waals surface area contributed by atoms with E-state index in [0.717, 1.165) is 19.5 Å². The molecule has 0 bridgehead atoms. The maximum atomic E-state index is 3.65. The number of hydrogen-bond donors (Lipinski definition) is 1. The van der Waals surface area contributed by atoms with Crippen molar-refractivity contribution < 1.29 is 46.5 Å². The molecule has 0 unspecified atom stereocenters. The Balaban J connectivity index is -0.0000000687. The molecule has 0 radical (unpaired) electrons. The zero-order chi connectivity index (χ0) is 9.07. The van der Waals surface area contributed by atoms with Crippen LogP contribution in [-0.4, -0.2) is 13.1 Å². The predicted octanol–water partition coefficient (Wildman–Crippen LogP) is -3.48. The molecule has 1 aliphatic carbocycles. The molecule has 0 saturated carbocycles. The number of rotatable bonds is 4. The monoisotopic (exact) mass is 283 g/mol.